The van der Waals surface area contributed by atoms with Gasteiger partial charge in [-0.2, -0.15) is 0 Å². The zero-order chi connectivity index (χ0) is 21.1. The molecule has 2 fully saturated rings. The molecule has 2 rings (SSSR count). The SMILES string of the molecule is CN=C(NCCCCCCC(=O)OC)N1CCN(C(C)C(=O)N2CCCC2)CC1.I. The first-order valence-electron chi connectivity index (χ1n) is 11.1. The lowest BCUT2D eigenvalue weighted by atomic mass is 10.1. The Morgan fingerprint density at radius 1 is 0.967 bits per heavy atom. The maximum atomic E-state index is 12.6. The Hall–Kier alpha value is -1.10. The molecule has 30 heavy (non-hydrogen) atoms. The van der Waals surface area contributed by atoms with Crippen molar-refractivity contribution in [3.05, 3.63) is 0 Å². The van der Waals surface area contributed by atoms with E-state index in [1.807, 2.05) is 18.9 Å². The Balaban J connectivity index is 0.00000450. The number of amides is 1. The van der Waals surface area contributed by atoms with E-state index >= 15 is 0 Å². The number of guanidine groups is 1. The van der Waals surface area contributed by atoms with Crippen molar-refractivity contribution in [1.82, 2.24) is 20.0 Å². The van der Waals surface area contributed by atoms with Crippen LogP contribution in [0.2, 0.25) is 0 Å². The Kier molecular flexibility index (Phi) is 13.3. The van der Waals surface area contributed by atoms with Crippen LogP contribution >= 0.6 is 24.0 Å². The number of methoxy groups -OCH3 is 1. The molecule has 9 heteroatoms. The van der Waals surface area contributed by atoms with Gasteiger partial charge in [-0.15, -0.1) is 24.0 Å². The summed E-state index contributed by atoms with van der Waals surface area (Å²) >= 11 is 0. The summed E-state index contributed by atoms with van der Waals surface area (Å²) in [6.45, 7) is 8.31. The second-order valence-electron chi connectivity index (χ2n) is 7.95. The number of rotatable bonds is 9. The molecule has 2 aliphatic rings. The highest BCUT2D eigenvalue weighted by Gasteiger charge is 2.30. The minimum atomic E-state index is -0.126. The van der Waals surface area contributed by atoms with E-state index in [-0.39, 0.29) is 41.9 Å². The van der Waals surface area contributed by atoms with E-state index in [1.54, 1.807) is 0 Å². The zero-order valence-electron chi connectivity index (χ0n) is 18.9. The van der Waals surface area contributed by atoms with E-state index in [0.717, 1.165) is 90.3 Å². The summed E-state index contributed by atoms with van der Waals surface area (Å²) in [5, 5.41) is 3.45. The number of halogens is 1. The normalized spacial score (nSPS) is 18.7. The van der Waals surface area contributed by atoms with Gasteiger partial charge < -0.3 is 19.9 Å². The first-order chi connectivity index (χ1) is 14.1. The van der Waals surface area contributed by atoms with Gasteiger partial charge in [0, 0.05) is 59.3 Å². The summed E-state index contributed by atoms with van der Waals surface area (Å²) in [5.41, 5.74) is 0. The van der Waals surface area contributed by atoms with Gasteiger partial charge in [0.15, 0.2) is 5.96 Å². The fourth-order valence-corrected chi connectivity index (χ4v) is 4.06. The van der Waals surface area contributed by atoms with Gasteiger partial charge in [-0.05, 0) is 32.6 Å². The van der Waals surface area contributed by atoms with Crippen LogP contribution in [-0.2, 0) is 14.3 Å². The molecule has 0 aromatic heterocycles. The van der Waals surface area contributed by atoms with E-state index in [9.17, 15) is 9.59 Å². The van der Waals surface area contributed by atoms with Crippen LogP contribution in [0.1, 0.15) is 51.9 Å². The largest absolute Gasteiger partial charge is 0.469 e. The molecule has 1 amide bonds. The topological polar surface area (TPSA) is 77.5 Å². The van der Waals surface area contributed by atoms with Crippen molar-refractivity contribution in [1.29, 1.82) is 0 Å². The van der Waals surface area contributed by atoms with Gasteiger partial charge >= 0.3 is 5.97 Å². The van der Waals surface area contributed by atoms with Gasteiger partial charge in [-0.25, -0.2) is 0 Å². The van der Waals surface area contributed by atoms with Gasteiger partial charge in [0.05, 0.1) is 13.2 Å². The molecule has 1 atom stereocenters. The molecule has 1 unspecified atom stereocenters. The van der Waals surface area contributed by atoms with Gasteiger partial charge in [0.2, 0.25) is 5.91 Å². The summed E-state index contributed by atoms with van der Waals surface area (Å²) in [6, 6.07) is -0.0322. The molecule has 0 spiro atoms. The van der Waals surface area contributed by atoms with Crippen molar-refractivity contribution >= 4 is 41.8 Å². The number of carbonyl (C=O) groups excluding carboxylic acids is 2. The van der Waals surface area contributed by atoms with Crippen LogP contribution < -0.4 is 5.32 Å². The van der Waals surface area contributed by atoms with Crippen molar-refractivity contribution < 1.29 is 14.3 Å². The maximum absolute atomic E-state index is 12.6. The summed E-state index contributed by atoms with van der Waals surface area (Å²) in [7, 11) is 3.26. The lowest BCUT2D eigenvalue weighted by Crippen LogP contribution is -2.57. The summed E-state index contributed by atoms with van der Waals surface area (Å²) in [4.78, 5) is 34.7. The molecule has 2 saturated heterocycles. The van der Waals surface area contributed by atoms with Crippen LogP contribution in [0.25, 0.3) is 0 Å². The Bertz CT molecular complexity index is 547. The fraction of sp³-hybridized carbons (Fsp3) is 0.857. The summed E-state index contributed by atoms with van der Waals surface area (Å²) in [6.07, 6.45) is 6.86. The average Bonchev–Trinajstić information content (AvgIpc) is 3.29. The number of carbonyl (C=O) groups is 2. The molecule has 0 aromatic carbocycles. The molecule has 0 bridgehead atoms. The Morgan fingerprint density at radius 3 is 2.20 bits per heavy atom. The highest BCUT2D eigenvalue weighted by atomic mass is 127. The summed E-state index contributed by atoms with van der Waals surface area (Å²) in [5.74, 6) is 1.10. The quantitative estimate of drug-likeness (QED) is 0.159. The zero-order valence-corrected chi connectivity index (χ0v) is 21.2. The average molecular weight is 537 g/mol. The van der Waals surface area contributed by atoms with Crippen LogP contribution in [0.3, 0.4) is 0 Å². The van der Waals surface area contributed by atoms with Crippen LogP contribution in [0.5, 0.6) is 0 Å². The molecule has 1 N–H and O–H groups in total. The number of aliphatic imine (C=N–C) groups is 1. The summed E-state index contributed by atoms with van der Waals surface area (Å²) < 4.78 is 4.66. The lowest BCUT2D eigenvalue weighted by molar-refractivity contribution is -0.140. The van der Waals surface area contributed by atoms with Crippen molar-refractivity contribution in [3.8, 4) is 0 Å². The monoisotopic (exact) mass is 537 g/mol. The number of hydrogen-bond donors (Lipinski definition) is 1. The van der Waals surface area contributed by atoms with Crippen LogP contribution in [0.15, 0.2) is 4.99 Å². The van der Waals surface area contributed by atoms with Crippen molar-refractivity contribution in [3.63, 3.8) is 0 Å². The molecular weight excluding hydrogens is 497 g/mol. The number of nitrogens with one attached hydrogen (secondary N) is 1. The predicted octanol–water partition coefficient (Wildman–Crippen LogP) is 1.93. The number of esters is 1. The molecule has 174 valence electrons. The van der Waals surface area contributed by atoms with Crippen molar-refractivity contribution in [2.45, 2.75) is 57.9 Å². The number of piperazine rings is 1. The predicted molar refractivity (Wildman–Crippen MR) is 130 cm³/mol. The van der Waals surface area contributed by atoms with Gasteiger partial charge in [-0.3, -0.25) is 19.5 Å². The second kappa shape index (κ2) is 14.8. The maximum Gasteiger partial charge on any atom is 0.305 e. The van der Waals surface area contributed by atoms with Crippen molar-refractivity contribution in [2.24, 2.45) is 4.99 Å². The number of likely N-dealkylation sites (tertiary alicyclic amines) is 1. The highest BCUT2D eigenvalue weighted by Crippen LogP contribution is 2.14. The Labute approximate surface area is 198 Å². The third kappa shape index (κ3) is 8.56. The standard InChI is InChI=1S/C21H39N5O3.HI/c1-18(20(28)25-12-8-9-13-25)24-14-16-26(17-15-24)21(22-2)23-11-7-5-4-6-10-19(27)29-3;/h18H,4-17H2,1-3H3,(H,22,23);1H. The lowest BCUT2D eigenvalue weighted by Gasteiger charge is -2.39. The van der Waals surface area contributed by atoms with Crippen LogP contribution in [0.4, 0.5) is 0 Å². The molecule has 0 aliphatic carbocycles. The fourth-order valence-electron chi connectivity index (χ4n) is 4.06. The van der Waals surface area contributed by atoms with Crippen LogP contribution in [0, 0.1) is 0 Å². The van der Waals surface area contributed by atoms with Gasteiger partial charge in [0.1, 0.15) is 0 Å². The van der Waals surface area contributed by atoms with E-state index in [0.29, 0.717) is 6.42 Å². The van der Waals surface area contributed by atoms with E-state index in [4.69, 9.17) is 0 Å². The number of ether oxygens (including phenoxy) is 1. The first kappa shape index (κ1) is 26.9. The Morgan fingerprint density at radius 2 is 1.60 bits per heavy atom. The minimum absolute atomic E-state index is 0. The second-order valence-corrected chi connectivity index (χ2v) is 7.95. The molecule has 2 heterocycles. The van der Waals surface area contributed by atoms with E-state index in [2.05, 4.69) is 24.8 Å². The number of unbranched alkanes of at least 4 members (excludes halogenated alkanes) is 3. The minimum Gasteiger partial charge on any atom is -0.469 e. The third-order valence-electron chi connectivity index (χ3n) is 5.97. The molecule has 8 nitrogen and oxygen atoms in total. The molecule has 2 aliphatic heterocycles. The number of nitrogens with zero attached hydrogens (tertiary/aromatic N) is 4. The third-order valence-corrected chi connectivity index (χ3v) is 5.97. The smallest absolute Gasteiger partial charge is 0.305 e. The first-order valence-corrected chi connectivity index (χ1v) is 11.1. The number of hydrogen-bond acceptors (Lipinski definition) is 5. The van der Waals surface area contributed by atoms with E-state index < -0.39 is 0 Å². The molecule has 0 radical (unpaired) electrons. The van der Waals surface area contributed by atoms with Gasteiger partial charge in [0.25, 0.3) is 0 Å². The van der Waals surface area contributed by atoms with Crippen molar-refractivity contribution in [2.75, 3.05) is 60.0 Å². The molecular formula is C21H40IN5O3. The molecule has 0 aromatic rings. The van der Waals surface area contributed by atoms with Crippen LogP contribution in [-0.4, -0.2) is 98.5 Å². The van der Waals surface area contributed by atoms with Gasteiger partial charge in [-0.1, -0.05) is 12.8 Å². The highest BCUT2D eigenvalue weighted by molar-refractivity contribution is 14.0. The molecule has 0 saturated carbocycles. The van der Waals surface area contributed by atoms with E-state index in [1.165, 1.54) is 7.11 Å².